The van der Waals surface area contributed by atoms with Gasteiger partial charge in [-0.3, -0.25) is 4.99 Å². The molecule has 1 heterocycles. The molecule has 1 unspecified atom stereocenters. The fourth-order valence-electron chi connectivity index (χ4n) is 2.78. The normalized spacial score (nSPS) is 16.4. The fourth-order valence-corrected chi connectivity index (χ4v) is 3.35. The number of ether oxygens (including phenoxy) is 1. The molecule has 2 aromatic rings. The molecule has 0 fully saturated rings. The van der Waals surface area contributed by atoms with E-state index in [0.29, 0.717) is 29.2 Å². The van der Waals surface area contributed by atoms with Crippen LogP contribution >= 0.6 is 47.2 Å². The average Bonchev–Trinajstić information content (AvgIpc) is 2.54. The van der Waals surface area contributed by atoms with Crippen molar-refractivity contribution >= 4 is 53.1 Å². The van der Waals surface area contributed by atoms with Crippen LogP contribution in [0.1, 0.15) is 23.6 Å². The zero-order valence-electron chi connectivity index (χ0n) is 13.5. The number of nitrogens with two attached hydrogens (primary N) is 1. The topological polar surface area (TPSA) is 59.6 Å². The van der Waals surface area contributed by atoms with Crippen LogP contribution in [0.5, 0.6) is 5.75 Å². The molecule has 1 aliphatic heterocycles. The first-order valence-electron chi connectivity index (χ1n) is 7.85. The third-order valence-electron chi connectivity index (χ3n) is 3.89. The molecule has 2 aromatic carbocycles. The molecule has 3 N–H and O–H groups in total. The minimum Gasteiger partial charge on any atom is -0.493 e. The number of guanidine groups is 1. The predicted octanol–water partition coefficient (Wildman–Crippen LogP) is 4.58. The van der Waals surface area contributed by atoms with Crippen LogP contribution in [-0.2, 0) is 6.42 Å². The Morgan fingerprint density at radius 3 is 2.68 bits per heavy atom. The van der Waals surface area contributed by atoms with E-state index in [1.54, 1.807) is 6.07 Å². The maximum Gasteiger partial charge on any atom is 0.189 e. The predicted molar refractivity (Wildman–Crippen MR) is 115 cm³/mol. The molecular weight excluding hydrogens is 472 g/mol. The SMILES string of the molecule is I.NC(=NCCc1cc(Cl)cc(Cl)c1)NC1CCOc2ccccc21. The molecule has 0 saturated carbocycles. The Bertz CT molecular complexity index is 735. The Morgan fingerprint density at radius 2 is 1.92 bits per heavy atom. The second-order valence-electron chi connectivity index (χ2n) is 5.67. The molecule has 7 heteroatoms. The fraction of sp³-hybridized carbons (Fsp3) is 0.278. The van der Waals surface area contributed by atoms with E-state index in [4.69, 9.17) is 33.7 Å². The summed E-state index contributed by atoms with van der Waals surface area (Å²) in [6, 6.07) is 13.6. The zero-order chi connectivity index (χ0) is 16.9. The van der Waals surface area contributed by atoms with E-state index >= 15 is 0 Å². The van der Waals surface area contributed by atoms with Crippen molar-refractivity contribution in [1.82, 2.24) is 5.32 Å². The number of aliphatic imine (C=N–C) groups is 1. The van der Waals surface area contributed by atoms with Gasteiger partial charge in [0.15, 0.2) is 5.96 Å². The van der Waals surface area contributed by atoms with Crippen molar-refractivity contribution in [2.24, 2.45) is 10.7 Å². The number of nitrogens with one attached hydrogen (secondary N) is 1. The standard InChI is InChI=1S/C18H19Cl2N3O.HI/c19-13-9-12(10-14(20)11-13)5-7-22-18(21)23-16-6-8-24-17-4-2-1-3-15(16)17;/h1-4,9-11,16H,5-8H2,(H3,21,22,23);1H. The maximum atomic E-state index is 6.03. The van der Waals surface area contributed by atoms with Crippen molar-refractivity contribution in [2.75, 3.05) is 13.2 Å². The Hall–Kier alpha value is -1.18. The lowest BCUT2D eigenvalue weighted by Crippen LogP contribution is -2.37. The molecule has 1 aliphatic rings. The van der Waals surface area contributed by atoms with E-state index < -0.39 is 0 Å². The van der Waals surface area contributed by atoms with Crippen LogP contribution in [0.25, 0.3) is 0 Å². The third kappa shape index (κ3) is 5.66. The summed E-state index contributed by atoms with van der Waals surface area (Å²) in [6.45, 7) is 1.24. The van der Waals surface area contributed by atoms with Crippen LogP contribution in [0.15, 0.2) is 47.5 Å². The van der Waals surface area contributed by atoms with Crippen LogP contribution in [-0.4, -0.2) is 19.1 Å². The Morgan fingerprint density at radius 1 is 1.20 bits per heavy atom. The molecule has 134 valence electrons. The highest BCUT2D eigenvalue weighted by molar-refractivity contribution is 14.0. The summed E-state index contributed by atoms with van der Waals surface area (Å²) in [5.74, 6) is 1.34. The smallest absolute Gasteiger partial charge is 0.189 e. The highest BCUT2D eigenvalue weighted by Gasteiger charge is 2.21. The summed E-state index contributed by atoms with van der Waals surface area (Å²) < 4.78 is 5.65. The number of rotatable bonds is 4. The van der Waals surface area contributed by atoms with Gasteiger partial charge in [0.25, 0.3) is 0 Å². The number of hydrogen-bond donors (Lipinski definition) is 2. The molecule has 0 bridgehead atoms. The number of benzene rings is 2. The van der Waals surface area contributed by atoms with Gasteiger partial charge in [0, 0.05) is 28.6 Å². The molecule has 0 aliphatic carbocycles. The van der Waals surface area contributed by atoms with Gasteiger partial charge < -0.3 is 15.8 Å². The second kappa shape index (κ2) is 9.50. The summed E-state index contributed by atoms with van der Waals surface area (Å²) >= 11 is 12.0. The van der Waals surface area contributed by atoms with E-state index in [9.17, 15) is 0 Å². The summed E-state index contributed by atoms with van der Waals surface area (Å²) in [6.07, 6.45) is 1.59. The first-order valence-corrected chi connectivity index (χ1v) is 8.60. The van der Waals surface area contributed by atoms with Crippen molar-refractivity contribution in [2.45, 2.75) is 18.9 Å². The van der Waals surface area contributed by atoms with Crippen LogP contribution in [0.2, 0.25) is 10.0 Å². The molecule has 25 heavy (non-hydrogen) atoms. The molecule has 0 spiro atoms. The minimum atomic E-state index is 0. The first-order chi connectivity index (χ1) is 11.6. The van der Waals surface area contributed by atoms with Gasteiger partial charge in [-0.25, -0.2) is 0 Å². The van der Waals surface area contributed by atoms with Gasteiger partial charge in [-0.1, -0.05) is 41.4 Å². The Balaban J connectivity index is 0.00000225. The molecular formula is C18H20Cl2IN3O. The molecule has 4 nitrogen and oxygen atoms in total. The number of fused-ring (bicyclic) bond motifs is 1. The van der Waals surface area contributed by atoms with Crippen LogP contribution in [0.3, 0.4) is 0 Å². The van der Waals surface area contributed by atoms with Gasteiger partial charge in [0.2, 0.25) is 0 Å². The largest absolute Gasteiger partial charge is 0.493 e. The molecule has 0 radical (unpaired) electrons. The summed E-state index contributed by atoms with van der Waals surface area (Å²) in [5, 5.41) is 4.54. The molecule has 1 atom stereocenters. The summed E-state index contributed by atoms with van der Waals surface area (Å²) in [7, 11) is 0. The first kappa shape index (κ1) is 20.1. The molecule has 3 rings (SSSR count). The van der Waals surface area contributed by atoms with Crippen LogP contribution in [0, 0.1) is 0 Å². The van der Waals surface area contributed by atoms with E-state index in [0.717, 1.165) is 29.7 Å². The minimum absolute atomic E-state index is 0. The van der Waals surface area contributed by atoms with E-state index in [1.807, 2.05) is 36.4 Å². The Labute approximate surface area is 174 Å². The van der Waals surface area contributed by atoms with Gasteiger partial charge in [-0.15, -0.1) is 24.0 Å². The number of para-hydroxylation sites is 1. The zero-order valence-corrected chi connectivity index (χ0v) is 17.4. The van der Waals surface area contributed by atoms with Gasteiger partial charge in [-0.05, 0) is 36.2 Å². The molecule has 0 amide bonds. The van der Waals surface area contributed by atoms with Crippen LogP contribution < -0.4 is 15.8 Å². The number of halogens is 3. The molecule has 0 aromatic heterocycles. The number of nitrogens with zero attached hydrogens (tertiary/aromatic N) is 1. The lowest BCUT2D eigenvalue weighted by Gasteiger charge is -2.26. The third-order valence-corrected chi connectivity index (χ3v) is 4.32. The van der Waals surface area contributed by atoms with Crippen molar-refractivity contribution in [1.29, 1.82) is 0 Å². The van der Waals surface area contributed by atoms with Crippen molar-refractivity contribution in [3.63, 3.8) is 0 Å². The lowest BCUT2D eigenvalue weighted by atomic mass is 10.0. The lowest BCUT2D eigenvalue weighted by molar-refractivity contribution is 0.262. The van der Waals surface area contributed by atoms with Gasteiger partial charge in [0.1, 0.15) is 5.75 Å². The van der Waals surface area contributed by atoms with E-state index in [2.05, 4.69) is 10.3 Å². The number of hydrogen-bond acceptors (Lipinski definition) is 2. The molecule has 0 saturated heterocycles. The van der Waals surface area contributed by atoms with E-state index in [1.165, 1.54) is 0 Å². The van der Waals surface area contributed by atoms with Gasteiger partial charge in [-0.2, -0.15) is 0 Å². The summed E-state index contributed by atoms with van der Waals surface area (Å²) in [5.41, 5.74) is 8.19. The highest BCUT2D eigenvalue weighted by atomic mass is 127. The summed E-state index contributed by atoms with van der Waals surface area (Å²) in [4.78, 5) is 4.40. The van der Waals surface area contributed by atoms with Crippen LogP contribution in [0.4, 0.5) is 0 Å². The van der Waals surface area contributed by atoms with Gasteiger partial charge >= 0.3 is 0 Å². The second-order valence-corrected chi connectivity index (χ2v) is 6.54. The highest BCUT2D eigenvalue weighted by Crippen LogP contribution is 2.31. The quantitative estimate of drug-likeness (QED) is 0.374. The van der Waals surface area contributed by atoms with Crippen molar-refractivity contribution in [3.8, 4) is 5.75 Å². The average molecular weight is 492 g/mol. The Kier molecular flexibility index (Phi) is 7.65. The monoisotopic (exact) mass is 491 g/mol. The van der Waals surface area contributed by atoms with Crippen molar-refractivity contribution < 1.29 is 4.74 Å². The maximum absolute atomic E-state index is 6.03. The van der Waals surface area contributed by atoms with Gasteiger partial charge in [0.05, 0.1) is 12.6 Å². The van der Waals surface area contributed by atoms with Crippen molar-refractivity contribution in [3.05, 3.63) is 63.6 Å². The van der Waals surface area contributed by atoms with E-state index in [-0.39, 0.29) is 30.0 Å².